The first-order valence-corrected chi connectivity index (χ1v) is 7.53. The lowest BCUT2D eigenvalue weighted by Crippen LogP contribution is -2.46. The number of hydrogen-bond acceptors (Lipinski definition) is 3. The van der Waals surface area contributed by atoms with E-state index in [0.717, 1.165) is 15.6 Å². The SMILES string of the molecule is O=C(O)[C@H](Cc1cccc(I)c1)NC(=O)[C@@H]1CCCO1. The zero-order valence-corrected chi connectivity index (χ0v) is 13.0. The molecule has 0 aromatic heterocycles. The predicted octanol–water partition coefficient (Wildman–Crippen LogP) is 1.58. The largest absolute Gasteiger partial charge is 0.480 e. The van der Waals surface area contributed by atoms with Crippen molar-refractivity contribution in [3.05, 3.63) is 33.4 Å². The molecule has 5 nitrogen and oxygen atoms in total. The summed E-state index contributed by atoms with van der Waals surface area (Å²) in [5.74, 6) is -1.37. The predicted molar refractivity (Wildman–Crippen MR) is 81.4 cm³/mol. The Labute approximate surface area is 130 Å². The molecule has 0 unspecified atom stereocenters. The summed E-state index contributed by atoms with van der Waals surface area (Å²) in [6, 6.07) is 6.65. The fourth-order valence-corrected chi connectivity index (χ4v) is 2.76. The average molecular weight is 389 g/mol. The maximum atomic E-state index is 11.9. The lowest BCUT2D eigenvalue weighted by atomic mass is 10.1. The number of ether oxygens (including phenoxy) is 1. The molecule has 1 saturated heterocycles. The minimum absolute atomic E-state index is 0.268. The second-order valence-electron chi connectivity index (χ2n) is 4.74. The van der Waals surface area contributed by atoms with Crippen LogP contribution >= 0.6 is 22.6 Å². The summed E-state index contributed by atoms with van der Waals surface area (Å²) in [6.07, 6.45) is 1.26. The van der Waals surface area contributed by atoms with Gasteiger partial charge in [0.15, 0.2) is 0 Å². The standard InChI is InChI=1S/C14H16INO4/c15-10-4-1-3-9(7-10)8-11(14(18)19)16-13(17)12-5-2-6-20-12/h1,3-4,7,11-12H,2,5-6,8H2,(H,16,17)(H,18,19)/t11-,12-/m0/s1. The second kappa shape index (κ2) is 7.03. The van der Waals surface area contributed by atoms with Crippen molar-refractivity contribution in [2.45, 2.75) is 31.4 Å². The van der Waals surface area contributed by atoms with Crippen LogP contribution in [0.1, 0.15) is 18.4 Å². The van der Waals surface area contributed by atoms with Crippen molar-refractivity contribution in [2.24, 2.45) is 0 Å². The van der Waals surface area contributed by atoms with Crippen LogP contribution in [0.25, 0.3) is 0 Å². The summed E-state index contributed by atoms with van der Waals surface area (Å²) in [7, 11) is 0. The van der Waals surface area contributed by atoms with Crippen molar-refractivity contribution in [2.75, 3.05) is 6.61 Å². The second-order valence-corrected chi connectivity index (χ2v) is 5.98. The Kier molecular flexibility index (Phi) is 5.36. The van der Waals surface area contributed by atoms with E-state index in [9.17, 15) is 14.7 Å². The highest BCUT2D eigenvalue weighted by Gasteiger charge is 2.28. The zero-order chi connectivity index (χ0) is 14.5. The highest BCUT2D eigenvalue weighted by Crippen LogP contribution is 2.13. The summed E-state index contributed by atoms with van der Waals surface area (Å²) in [5, 5.41) is 11.8. The van der Waals surface area contributed by atoms with Crippen LogP contribution in [0, 0.1) is 3.57 Å². The van der Waals surface area contributed by atoms with E-state index in [-0.39, 0.29) is 12.3 Å². The van der Waals surface area contributed by atoms with E-state index in [1.54, 1.807) is 0 Å². The molecule has 0 aliphatic carbocycles. The summed E-state index contributed by atoms with van der Waals surface area (Å²) in [6.45, 7) is 0.562. The fourth-order valence-electron chi connectivity index (χ4n) is 2.15. The Morgan fingerprint density at radius 3 is 2.90 bits per heavy atom. The van der Waals surface area contributed by atoms with Crippen molar-refractivity contribution in [1.29, 1.82) is 0 Å². The highest BCUT2D eigenvalue weighted by molar-refractivity contribution is 14.1. The van der Waals surface area contributed by atoms with Gasteiger partial charge in [0.2, 0.25) is 5.91 Å². The van der Waals surface area contributed by atoms with Gasteiger partial charge in [0.25, 0.3) is 0 Å². The minimum atomic E-state index is -1.03. The van der Waals surface area contributed by atoms with Crippen LogP contribution in [-0.4, -0.2) is 35.7 Å². The normalized spacial score (nSPS) is 19.6. The van der Waals surface area contributed by atoms with Crippen molar-refractivity contribution in [3.63, 3.8) is 0 Å². The summed E-state index contributed by atoms with van der Waals surface area (Å²) < 4.78 is 6.30. The van der Waals surface area contributed by atoms with Gasteiger partial charge in [0.05, 0.1) is 0 Å². The van der Waals surface area contributed by atoms with E-state index in [1.807, 2.05) is 24.3 Å². The van der Waals surface area contributed by atoms with E-state index in [4.69, 9.17) is 4.74 Å². The van der Waals surface area contributed by atoms with Crippen LogP contribution < -0.4 is 5.32 Å². The third-order valence-electron chi connectivity index (χ3n) is 3.17. The number of carbonyl (C=O) groups is 2. The van der Waals surface area contributed by atoms with Gasteiger partial charge in [-0.15, -0.1) is 0 Å². The Balaban J connectivity index is 2.00. The van der Waals surface area contributed by atoms with Gasteiger partial charge in [0.1, 0.15) is 12.1 Å². The molecule has 1 amide bonds. The number of aliphatic carboxylic acids is 1. The molecular weight excluding hydrogens is 373 g/mol. The fraction of sp³-hybridized carbons (Fsp3) is 0.429. The monoisotopic (exact) mass is 389 g/mol. The van der Waals surface area contributed by atoms with Crippen molar-refractivity contribution < 1.29 is 19.4 Å². The number of carboxylic acid groups (broad SMARTS) is 1. The van der Waals surface area contributed by atoms with Gasteiger partial charge in [-0.2, -0.15) is 0 Å². The van der Waals surface area contributed by atoms with Gasteiger partial charge in [0, 0.05) is 16.6 Å². The highest BCUT2D eigenvalue weighted by atomic mass is 127. The maximum absolute atomic E-state index is 11.9. The Hall–Kier alpha value is -1.15. The Bertz CT molecular complexity index is 500. The van der Waals surface area contributed by atoms with Gasteiger partial charge in [-0.3, -0.25) is 4.79 Å². The van der Waals surface area contributed by atoms with Gasteiger partial charge in [-0.05, 0) is 53.1 Å². The number of amides is 1. The number of nitrogens with one attached hydrogen (secondary N) is 1. The van der Waals surface area contributed by atoms with Crippen LogP contribution in [0.15, 0.2) is 24.3 Å². The topological polar surface area (TPSA) is 75.6 Å². The van der Waals surface area contributed by atoms with Crippen LogP contribution in [0.5, 0.6) is 0 Å². The maximum Gasteiger partial charge on any atom is 0.326 e. The molecule has 1 fully saturated rings. The molecule has 6 heteroatoms. The van der Waals surface area contributed by atoms with Crippen molar-refractivity contribution in [1.82, 2.24) is 5.32 Å². The zero-order valence-electron chi connectivity index (χ0n) is 10.8. The Morgan fingerprint density at radius 2 is 2.30 bits per heavy atom. The first-order valence-electron chi connectivity index (χ1n) is 6.45. The van der Waals surface area contributed by atoms with E-state index < -0.39 is 18.1 Å². The third kappa shape index (κ3) is 4.17. The molecule has 2 rings (SSSR count). The molecule has 0 spiro atoms. The molecule has 0 radical (unpaired) electrons. The van der Waals surface area contributed by atoms with Crippen LogP contribution in [0.3, 0.4) is 0 Å². The van der Waals surface area contributed by atoms with Crippen LogP contribution in [-0.2, 0) is 20.7 Å². The van der Waals surface area contributed by atoms with Gasteiger partial charge < -0.3 is 15.2 Å². The molecule has 20 heavy (non-hydrogen) atoms. The molecule has 1 aromatic rings. The summed E-state index contributed by atoms with van der Waals surface area (Å²) in [5.41, 5.74) is 0.886. The van der Waals surface area contributed by atoms with Crippen LogP contribution in [0.2, 0.25) is 0 Å². The van der Waals surface area contributed by atoms with Crippen molar-refractivity contribution in [3.8, 4) is 0 Å². The molecule has 1 aliphatic heterocycles. The van der Waals surface area contributed by atoms with E-state index in [0.29, 0.717) is 13.0 Å². The number of benzene rings is 1. The minimum Gasteiger partial charge on any atom is -0.480 e. The summed E-state index contributed by atoms with van der Waals surface area (Å²) in [4.78, 5) is 23.2. The number of carboxylic acids is 1. The molecule has 0 bridgehead atoms. The first kappa shape index (κ1) is 15.2. The van der Waals surface area contributed by atoms with Gasteiger partial charge >= 0.3 is 5.97 Å². The number of carbonyl (C=O) groups excluding carboxylic acids is 1. The van der Waals surface area contributed by atoms with Crippen LogP contribution in [0.4, 0.5) is 0 Å². The molecule has 0 saturated carbocycles. The van der Waals surface area contributed by atoms with E-state index in [1.165, 1.54) is 0 Å². The first-order chi connectivity index (χ1) is 9.56. The van der Waals surface area contributed by atoms with Crippen molar-refractivity contribution >= 4 is 34.5 Å². The quantitative estimate of drug-likeness (QED) is 0.750. The number of halogens is 1. The smallest absolute Gasteiger partial charge is 0.326 e. The number of rotatable bonds is 5. The Morgan fingerprint density at radius 1 is 1.50 bits per heavy atom. The lowest BCUT2D eigenvalue weighted by molar-refractivity contribution is -0.143. The summed E-state index contributed by atoms with van der Waals surface area (Å²) >= 11 is 2.17. The average Bonchev–Trinajstić information content (AvgIpc) is 2.91. The number of hydrogen-bond donors (Lipinski definition) is 2. The lowest BCUT2D eigenvalue weighted by Gasteiger charge is -2.17. The molecule has 108 valence electrons. The van der Waals surface area contributed by atoms with Gasteiger partial charge in [-0.25, -0.2) is 4.79 Å². The molecule has 2 N–H and O–H groups in total. The van der Waals surface area contributed by atoms with E-state index in [2.05, 4.69) is 27.9 Å². The molecular formula is C14H16INO4. The molecule has 1 aliphatic rings. The molecule has 1 aromatic carbocycles. The third-order valence-corrected chi connectivity index (χ3v) is 3.84. The molecule has 2 atom stereocenters. The molecule has 1 heterocycles. The van der Waals surface area contributed by atoms with Gasteiger partial charge in [-0.1, -0.05) is 12.1 Å². The van der Waals surface area contributed by atoms with E-state index >= 15 is 0 Å².